The maximum atomic E-state index is 12.0. The molecule has 2 amide bonds. The maximum Gasteiger partial charge on any atom is 0.293 e. The Bertz CT molecular complexity index is 1020. The molecule has 0 bridgehead atoms. The van der Waals surface area contributed by atoms with Crippen LogP contribution >= 0.6 is 39.0 Å². The number of nitrogens with one attached hydrogen (secondary N) is 2. The second-order valence-electron chi connectivity index (χ2n) is 5.40. The SMILES string of the molecule is CC(=O)c1ccc(NC(=O)CSc2nnc(NC(=O)c3ccc(Br)o3)s2)cc1. The number of hydrogen-bond donors (Lipinski definition) is 2. The van der Waals surface area contributed by atoms with E-state index in [9.17, 15) is 14.4 Å². The van der Waals surface area contributed by atoms with Gasteiger partial charge in [-0.05, 0) is 59.3 Å². The lowest BCUT2D eigenvalue weighted by atomic mass is 10.1. The van der Waals surface area contributed by atoms with Crippen LogP contribution in [0.3, 0.4) is 0 Å². The summed E-state index contributed by atoms with van der Waals surface area (Å²) in [4.78, 5) is 35.3. The van der Waals surface area contributed by atoms with E-state index in [0.29, 0.717) is 25.4 Å². The number of halogens is 1. The van der Waals surface area contributed by atoms with Crippen LogP contribution in [-0.4, -0.2) is 33.5 Å². The highest BCUT2D eigenvalue weighted by molar-refractivity contribution is 9.10. The van der Waals surface area contributed by atoms with Crippen LogP contribution in [0.5, 0.6) is 0 Å². The van der Waals surface area contributed by atoms with E-state index in [1.807, 2.05) is 0 Å². The summed E-state index contributed by atoms with van der Waals surface area (Å²) in [5, 5.41) is 13.4. The summed E-state index contributed by atoms with van der Waals surface area (Å²) >= 11 is 5.48. The number of furan rings is 1. The molecule has 8 nitrogen and oxygen atoms in total. The first-order valence-electron chi connectivity index (χ1n) is 7.84. The van der Waals surface area contributed by atoms with Crippen molar-refractivity contribution in [2.24, 2.45) is 0 Å². The number of thioether (sulfide) groups is 1. The quantitative estimate of drug-likeness (QED) is 0.297. The molecule has 0 atom stereocenters. The highest BCUT2D eigenvalue weighted by Gasteiger charge is 2.14. The number of carbonyl (C=O) groups excluding carboxylic acids is 3. The molecule has 3 aromatic rings. The molecule has 144 valence electrons. The van der Waals surface area contributed by atoms with Crippen molar-refractivity contribution in [3.63, 3.8) is 0 Å². The standard InChI is InChI=1S/C17H13BrN4O4S2/c1-9(23)10-2-4-11(5-3-10)19-14(24)8-27-17-22-21-16(28-17)20-15(25)12-6-7-13(18)26-12/h2-7H,8H2,1H3,(H,19,24)(H,20,21,25). The molecule has 0 saturated heterocycles. The van der Waals surface area contributed by atoms with Crippen molar-refractivity contribution in [3.8, 4) is 0 Å². The molecule has 0 aliphatic rings. The molecule has 2 N–H and O–H groups in total. The third kappa shape index (κ3) is 5.50. The molecule has 0 saturated carbocycles. The van der Waals surface area contributed by atoms with E-state index >= 15 is 0 Å². The molecule has 0 radical (unpaired) electrons. The van der Waals surface area contributed by atoms with Crippen molar-refractivity contribution >= 4 is 67.4 Å². The Kier molecular flexibility index (Phi) is 6.60. The van der Waals surface area contributed by atoms with E-state index in [1.54, 1.807) is 30.3 Å². The number of carbonyl (C=O) groups is 3. The first kappa shape index (κ1) is 20.2. The van der Waals surface area contributed by atoms with Crippen molar-refractivity contribution in [1.29, 1.82) is 0 Å². The Morgan fingerprint density at radius 3 is 2.50 bits per heavy atom. The highest BCUT2D eigenvalue weighted by Crippen LogP contribution is 2.26. The monoisotopic (exact) mass is 480 g/mol. The molecule has 11 heteroatoms. The first-order chi connectivity index (χ1) is 13.4. The number of aromatic nitrogens is 2. The lowest BCUT2D eigenvalue weighted by Gasteiger charge is -2.04. The average Bonchev–Trinajstić information content (AvgIpc) is 3.29. The molecule has 0 aliphatic carbocycles. The van der Waals surface area contributed by atoms with E-state index in [2.05, 4.69) is 36.8 Å². The van der Waals surface area contributed by atoms with Crippen molar-refractivity contribution in [3.05, 3.63) is 52.4 Å². The molecular weight excluding hydrogens is 468 g/mol. The normalized spacial score (nSPS) is 10.5. The number of ketones is 1. The molecule has 2 aromatic heterocycles. The van der Waals surface area contributed by atoms with Crippen LogP contribution in [0.2, 0.25) is 0 Å². The van der Waals surface area contributed by atoms with Gasteiger partial charge in [-0.15, -0.1) is 10.2 Å². The fraction of sp³-hybridized carbons (Fsp3) is 0.118. The number of rotatable bonds is 7. The summed E-state index contributed by atoms with van der Waals surface area (Å²) in [5.74, 6) is -0.423. The molecule has 0 spiro atoms. The number of benzene rings is 1. The molecule has 3 rings (SSSR count). The number of hydrogen-bond acceptors (Lipinski definition) is 8. The molecule has 1 aromatic carbocycles. The predicted octanol–water partition coefficient (Wildman–Crippen LogP) is 4.08. The van der Waals surface area contributed by atoms with Gasteiger partial charge < -0.3 is 9.73 Å². The lowest BCUT2D eigenvalue weighted by Crippen LogP contribution is -2.14. The fourth-order valence-electron chi connectivity index (χ4n) is 2.03. The number of nitrogens with zero attached hydrogens (tertiary/aromatic N) is 2. The summed E-state index contributed by atoms with van der Waals surface area (Å²) in [6, 6.07) is 9.80. The maximum absolute atomic E-state index is 12.0. The summed E-state index contributed by atoms with van der Waals surface area (Å²) in [6.45, 7) is 1.48. The lowest BCUT2D eigenvalue weighted by molar-refractivity contribution is -0.113. The van der Waals surface area contributed by atoms with E-state index in [1.165, 1.54) is 24.8 Å². The van der Waals surface area contributed by atoms with Gasteiger partial charge in [0, 0.05) is 11.3 Å². The van der Waals surface area contributed by atoms with Crippen LogP contribution in [0.4, 0.5) is 10.8 Å². The van der Waals surface area contributed by atoms with Crippen LogP contribution in [-0.2, 0) is 4.79 Å². The second kappa shape index (κ2) is 9.13. The van der Waals surface area contributed by atoms with Gasteiger partial charge in [-0.3, -0.25) is 19.7 Å². The molecular formula is C17H13BrN4O4S2. The molecule has 0 aliphatic heterocycles. The third-order valence-corrected chi connectivity index (χ3v) is 5.72. The van der Waals surface area contributed by atoms with E-state index in [-0.39, 0.29) is 23.2 Å². The number of Topliss-reactive ketones (excluding diaryl/α,β-unsaturated/α-hetero) is 1. The zero-order valence-electron chi connectivity index (χ0n) is 14.4. The Morgan fingerprint density at radius 1 is 1.11 bits per heavy atom. The average molecular weight is 481 g/mol. The molecule has 28 heavy (non-hydrogen) atoms. The number of anilines is 2. The molecule has 0 fully saturated rings. The van der Waals surface area contributed by atoms with E-state index in [0.717, 1.165) is 11.3 Å². The summed E-state index contributed by atoms with van der Waals surface area (Å²) in [7, 11) is 0. The predicted molar refractivity (Wildman–Crippen MR) is 110 cm³/mol. The zero-order chi connectivity index (χ0) is 20.1. The smallest absolute Gasteiger partial charge is 0.293 e. The Morgan fingerprint density at radius 2 is 1.86 bits per heavy atom. The van der Waals surface area contributed by atoms with Gasteiger partial charge in [0.2, 0.25) is 11.0 Å². The van der Waals surface area contributed by atoms with Gasteiger partial charge in [-0.2, -0.15) is 0 Å². The summed E-state index contributed by atoms with van der Waals surface area (Å²) < 4.78 is 6.16. The topological polar surface area (TPSA) is 114 Å². The fourth-order valence-corrected chi connectivity index (χ4v) is 3.88. The van der Waals surface area contributed by atoms with Crippen molar-refractivity contribution in [1.82, 2.24) is 10.2 Å². The van der Waals surface area contributed by atoms with Crippen molar-refractivity contribution < 1.29 is 18.8 Å². The van der Waals surface area contributed by atoms with Crippen LogP contribution in [0.1, 0.15) is 27.8 Å². The molecule has 2 heterocycles. The Hall–Kier alpha value is -2.50. The van der Waals surface area contributed by atoms with Crippen LogP contribution < -0.4 is 10.6 Å². The zero-order valence-corrected chi connectivity index (χ0v) is 17.6. The van der Waals surface area contributed by atoms with E-state index in [4.69, 9.17) is 4.42 Å². The minimum atomic E-state index is -0.440. The largest absolute Gasteiger partial charge is 0.444 e. The van der Waals surface area contributed by atoms with Gasteiger partial charge in [0.1, 0.15) is 0 Å². The summed E-state index contributed by atoms with van der Waals surface area (Å²) in [6.07, 6.45) is 0. The Labute approximate surface area is 176 Å². The Balaban J connectivity index is 1.49. The second-order valence-corrected chi connectivity index (χ2v) is 8.38. The van der Waals surface area contributed by atoms with Gasteiger partial charge in [0.25, 0.3) is 5.91 Å². The van der Waals surface area contributed by atoms with E-state index < -0.39 is 5.91 Å². The van der Waals surface area contributed by atoms with Gasteiger partial charge in [-0.1, -0.05) is 23.1 Å². The highest BCUT2D eigenvalue weighted by atomic mass is 79.9. The van der Waals surface area contributed by atoms with Gasteiger partial charge >= 0.3 is 0 Å². The minimum absolute atomic E-state index is 0.0349. The number of amides is 2. The third-order valence-electron chi connectivity index (χ3n) is 3.33. The van der Waals surface area contributed by atoms with Gasteiger partial charge in [-0.25, -0.2) is 0 Å². The van der Waals surface area contributed by atoms with Gasteiger partial charge in [0.15, 0.2) is 20.6 Å². The van der Waals surface area contributed by atoms with Gasteiger partial charge in [0.05, 0.1) is 5.75 Å². The van der Waals surface area contributed by atoms with Crippen LogP contribution in [0, 0.1) is 0 Å². The van der Waals surface area contributed by atoms with Crippen molar-refractivity contribution in [2.75, 3.05) is 16.4 Å². The van der Waals surface area contributed by atoms with Crippen molar-refractivity contribution in [2.45, 2.75) is 11.3 Å². The first-order valence-corrected chi connectivity index (χ1v) is 10.4. The van der Waals surface area contributed by atoms with Crippen LogP contribution in [0.25, 0.3) is 0 Å². The van der Waals surface area contributed by atoms with Crippen LogP contribution in [0.15, 0.2) is 49.8 Å². The molecule has 0 unspecified atom stereocenters. The minimum Gasteiger partial charge on any atom is -0.444 e. The summed E-state index contributed by atoms with van der Waals surface area (Å²) in [5.41, 5.74) is 1.18.